The second-order valence-corrected chi connectivity index (χ2v) is 7.52. The van der Waals surface area contributed by atoms with Crippen molar-refractivity contribution in [1.82, 2.24) is 5.32 Å². The lowest BCUT2D eigenvalue weighted by Crippen LogP contribution is -2.34. The fraction of sp³-hybridized carbons (Fsp3) is 0.250. The SMILES string of the molecule is CCC(=O)Nc1cccc(NC(=S)NC(=O)c2cc(Br)ccc2OC(C)C)c1. The minimum atomic E-state index is -0.384. The molecule has 8 heteroatoms. The van der Waals surface area contributed by atoms with Gasteiger partial charge in [0.25, 0.3) is 5.91 Å². The van der Waals surface area contributed by atoms with Crippen LogP contribution in [0.15, 0.2) is 46.9 Å². The summed E-state index contributed by atoms with van der Waals surface area (Å²) < 4.78 is 6.46. The number of carbonyl (C=O) groups excluding carboxylic acids is 2. The highest BCUT2D eigenvalue weighted by Crippen LogP contribution is 2.24. The van der Waals surface area contributed by atoms with E-state index < -0.39 is 0 Å². The van der Waals surface area contributed by atoms with Gasteiger partial charge in [0.1, 0.15) is 5.75 Å². The molecule has 0 fully saturated rings. The van der Waals surface area contributed by atoms with Gasteiger partial charge in [-0.25, -0.2) is 0 Å². The number of hydrogen-bond acceptors (Lipinski definition) is 4. The average molecular weight is 464 g/mol. The average Bonchev–Trinajstić information content (AvgIpc) is 2.62. The van der Waals surface area contributed by atoms with Crippen LogP contribution < -0.4 is 20.7 Å². The minimum absolute atomic E-state index is 0.0705. The molecule has 3 N–H and O–H groups in total. The van der Waals surface area contributed by atoms with Gasteiger partial charge < -0.3 is 15.4 Å². The maximum atomic E-state index is 12.7. The van der Waals surface area contributed by atoms with E-state index >= 15 is 0 Å². The maximum absolute atomic E-state index is 12.7. The number of hydrogen-bond donors (Lipinski definition) is 3. The molecule has 28 heavy (non-hydrogen) atoms. The molecule has 148 valence electrons. The highest BCUT2D eigenvalue weighted by Gasteiger charge is 2.16. The van der Waals surface area contributed by atoms with Crippen molar-refractivity contribution in [1.29, 1.82) is 0 Å². The fourth-order valence-corrected chi connectivity index (χ4v) is 2.86. The van der Waals surface area contributed by atoms with Crippen LogP contribution in [0.5, 0.6) is 5.75 Å². The minimum Gasteiger partial charge on any atom is -0.490 e. The number of carbonyl (C=O) groups is 2. The van der Waals surface area contributed by atoms with Crippen LogP contribution in [0.4, 0.5) is 11.4 Å². The van der Waals surface area contributed by atoms with Gasteiger partial charge in [0.05, 0.1) is 11.7 Å². The van der Waals surface area contributed by atoms with Gasteiger partial charge in [-0.3, -0.25) is 14.9 Å². The second-order valence-electron chi connectivity index (χ2n) is 6.20. The third kappa shape index (κ3) is 6.61. The van der Waals surface area contributed by atoms with Crippen LogP contribution in [0.3, 0.4) is 0 Å². The molecule has 0 heterocycles. The van der Waals surface area contributed by atoms with Crippen LogP contribution in [-0.2, 0) is 4.79 Å². The van der Waals surface area contributed by atoms with E-state index in [1.54, 1.807) is 49.4 Å². The van der Waals surface area contributed by atoms with E-state index in [0.29, 0.717) is 29.1 Å². The van der Waals surface area contributed by atoms with E-state index in [1.807, 2.05) is 13.8 Å². The molecule has 0 spiro atoms. The van der Waals surface area contributed by atoms with Crippen LogP contribution in [0, 0.1) is 0 Å². The first-order chi connectivity index (χ1) is 13.3. The predicted molar refractivity (Wildman–Crippen MR) is 119 cm³/mol. The molecule has 2 amide bonds. The Bertz CT molecular complexity index is 887. The van der Waals surface area contributed by atoms with Crippen LogP contribution in [0.2, 0.25) is 0 Å². The summed E-state index contributed by atoms with van der Waals surface area (Å²) in [5.74, 6) is 0.00744. The van der Waals surface area contributed by atoms with E-state index in [9.17, 15) is 9.59 Å². The van der Waals surface area contributed by atoms with Crippen molar-refractivity contribution in [2.45, 2.75) is 33.3 Å². The zero-order valence-corrected chi connectivity index (χ0v) is 18.2. The number of amides is 2. The lowest BCUT2D eigenvalue weighted by Gasteiger charge is -2.15. The summed E-state index contributed by atoms with van der Waals surface area (Å²) in [4.78, 5) is 24.2. The molecule has 6 nitrogen and oxygen atoms in total. The predicted octanol–water partition coefficient (Wildman–Crippen LogP) is 4.71. The first-order valence-electron chi connectivity index (χ1n) is 8.77. The third-order valence-electron chi connectivity index (χ3n) is 3.50. The summed E-state index contributed by atoms with van der Waals surface area (Å²) in [6.45, 7) is 5.56. The summed E-state index contributed by atoms with van der Waals surface area (Å²) in [5.41, 5.74) is 1.66. The normalized spacial score (nSPS) is 10.3. The number of anilines is 2. The quantitative estimate of drug-likeness (QED) is 0.540. The van der Waals surface area contributed by atoms with E-state index in [1.165, 1.54) is 0 Å². The van der Waals surface area contributed by atoms with Crippen molar-refractivity contribution < 1.29 is 14.3 Å². The molecule has 0 aromatic heterocycles. The van der Waals surface area contributed by atoms with Crippen molar-refractivity contribution >= 4 is 56.4 Å². The van der Waals surface area contributed by atoms with E-state index in [2.05, 4.69) is 31.9 Å². The molecular formula is C20H22BrN3O3S. The number of thiocarbonyl (C=S) groups is 1. The van der Waals surface area contributed by atoms with Crippen LogP contribution >= 0.6 is 28.1 Å². The van der Waals surface area contributed by atoms with Crippen LogP contribution in [-0.4, -0.2) is 23.0 Å². The fourth-order valence-electron chi connectivity index (χ4n) is 2.29. The third-order valence-corrected chi connectivity index (χ3v) is 4.20. The van der Waals surface area contributed by atoms with Crippen molar-refractivity contribution in [2.75, 3.05) is 10.6 Å². The first-order valence-corrected chi connectivity index (χ1v) is 9.97. The van der Waals surface area contributed by atoms with Crippen LogP contribution in [0.25, 0.3) is 0 Å². The molecule has 0 saturated heterocycles. The van der Waals surface area contributed by atoms with Gasteiger partial charge in [-0.15, -0.1) is 0 Å². The molecule has 0 aliphatic carbocycles. The number of ether oxygens (including phenoxy) is 1. The lowest BCUT2D eigenvalue weighted by molar-refractivity contribution is -0.115. The lowest BCUT2D eigenvalue weighted by atomic mass is 10.2. The molecule has 0 unspecified atom stereocenters. The van der Waals surface area contributed by atoms with Crippen molar-refractivity contribution in [2.24, 2.45) is 0 Å². The molecule has 2 rings (SSSR count). The van der Waals surface area contributed by atoms with Gasteiger partial charge in [-0.1, -0.05) is 28.9 Å². The molecule has 0 aliphatic rings. The summed E-state index contributed by atoms with van der Waals surface area (Å²) in [7, 11) is 0. The number of halogens is 1. The Balaban J connectivity index is 2.07. The number of benzene rings is 2. The molecule has 2 aromatic rings. The Labute approximate surface area is 178 Å². The summed E-state index contributed by atoms with van der Waals surface area (Å²) in [6.07, 6.45) is 0.318. The highest BCUT2D eigenvalue weighted by atomic mass is 79.9. The topological polar surface area (TPSA) is 79.5 Å². The zero-order valence-electron chi connectivity index (χ0n) is 15.8. The standard InChI is InChI=1S/C20H22BrN3O3S/c1-4-18(25)22-14-6-5-7-15(11-14)23-20(28)24-19(26)16-10-13(21)8-9-17(16)27-12(2)3/h5-12H,4H2,1-3H3,(H,22,25)(H2,23,24,26,28). The van der Waals surface area contributed by atoms with Gasteiger partial charge in [-0.05, 0) is 62.5 Å². The molecule has 2 aromatic carbocycles. The van der Waals surface area contributed by atoms with Crippen LogP contribution in [0.1, 0.15) is 37.6 Å². The molecule has 0 saturated carbocycles. The maximum Gasteiger partial charge on any atom is 0.261 e. The van der Waals surface area contributed by atoms with Gasteiger partial charge in [0.15, 0.2) is 5.11 Å². The van der Waals surface area contributed by atoms with Gasteiger partial charge in [0.2, 0.25) is 5.91 Å². The monoisotopic (exact) mass is 463 g/mol. The van der Waals surface area contributed by atoms with Gasteiger partial charge >= 0.3 is 0 Å². The van der Waals surface area contributed by atoms with E-state index in [0.717, 1.165) is 4.47 Å². The van der Waals surface area contributed by atoms with Gasteiger partial charge in [0, 0.05) is 22.3 Å². The van der Waals surface area contributed by atoms with Crippen molar-refractivity contribution in [3.8, 4) is 5.75 Å². The number of nitrogens with one attached hydrogen (secondary N) is 3. The van der Waals surface area contributed by atoms with Crippen molar-refractivity contribution in [3.05, 3.63) is 52.5 Å². The van der Waals surface area contributed by atoms with Gasteiger partial charge in [-0.2, -0.15) is 0 Å². The molecule has 0 bridgehead atoms. The summed E-state index contributed by atoms with van der Waals surface area (Å²) in [6, 6.07) is 12.3. The zero-order chi connectivity index (χ0) is 20.7. The number of rotatable bonds is 6. The molecular weight excluding hydrogens is 442 g/mol. The second kappa shape index (κ2) is 10.2. The Hall–Kier alpha value is -2.45. The smallest absolute Gasteiger partial charge is 0.261 e. The molecule has 0 atom stereocenters. The van der Waals surface area contributed by atoms with Crippen molar-refractivity contribution in [3.63, 3.8) is 0 Å². The molecule has 0 aliphatic heterocycles. The molecule has 0 radical (unpaired) electrons. The summed E-state index contributed by atoms with van der Waals surface area (Å²) >= 11 is 8.61. The Morgan fingerprint density at radius 2 is 1.79 bits per heavy atom. The Kier molecular flexibility index (Phi) is 7.95. The largest absolute Gasteiger partial charge is 0.490 e. The Morgan fingerprint density at radius 1 is 1.11 bits per heavy atom. The van der Waals surface area contributed by atoms with E-state index in [4.69, 9.17) is 17.0 Å². The summed E-state index contributed by atoms with van der Waals surface area (Å²) in [5, 5.41) is 8.51. The first kappa shape index (κ1) is 21.8. The van der Waals surface area contributed by atoms with E-state index in [-0.39, 0.29) is 23.0 Å². The highest BCUT2D eigenvalue weighted by molar-refractivity contribution is 9.10. The Morgan fingerprint density at radius 3 is 2.43 bits per heavy atom.